The topological polar surface area (TPSA) is 25.8 Å². The average molecular weight is 745 g/mol. The van der Waals surface area contributed by atoms with Crippen LogP contribution in [0.5, 0.6) is 0 Å². The molecule has 6 aliphatic rings. The third kappa shape index (κ3) is 4.66. The number of aromatic nitrogens is 2. The van der Waals surface area contributed by atoms with E-state index in [1.54, 1.807) is 0 Å². The van der Waals surface area contributed by atoms with Gasteiger partial charge in [-0.25, -0.2) is 0 Å². The van der Waals surface area contributed by atoms with Crippen molar-refractivity contribution in [2.75, 3.05) is 0 Å². The molecule has 12 rings (SSSR count). The average Bonchev–Trinajstić information content (AvgIpc) is 3.85. The molecule has 0 radical (unpaired) electrons. The number of hydrogen-bond donors (Lipinski definition) is 0. The summed E-state index contributed by atoms with van der Waals surface area (Å²) in [4.78, 5) is 10.7. The van der Waals surface area contributed by atoms with Gasteiger partial charge in [-0.05, 0) is 104 Å². The van der Waals surface area contributed by atoms with Crippen molar-refractivity contribution < 1.29 is 0 Å². The molecule has 5 atom stereocenters. The molecule has 0 saturated carbocycles. The van der Waals surface area contributed by atoms with Gasteiger partial charge in [0.15, 0.2) is 0 Å². The standard InChI is InChI=1S/C56H44N2/c1-55(2)46-22-11-8-18-40(46)42-28-26-36(31-50(42)55)38-33-52(58-53(34-38)44-20-7-6-17-39(44)35-15-4-3-5-16-35)37-27-29-43-41-19-9-12-23-47(41)56(51(43)32-37)48-24-13-10-21-45(48)54-49(56)25-14-30-57-54/h3-4,6-15,17-34,39-40,44,46H,5,16H2,1-2H3. The van der Waals surface area contributed by atoms with Crippen LogP contribution in [-0.2, 0) is 10.8 Å². The van der Waals surface area contributed by atoms with Gasteiger partial charge in [0.25, 0.3) is 0 Å². The first-order valence-corrected chi connectivity index (χ1v) is 21.0. The van der Waals surface area contributed by atoms with Gasteiger partial charge in [0.05, 0.1) is 16.8 Å². The Morgan fingerprint density at radius 3 is 2.10 bits per heavy atom. The van der Waals surface area contributed by atoms with Gasteiger partial charge in [-0.2, -0.15) is 0 Å². The van der Waals surface area contributed by atoms with Crippen molar-refractivity contribution in [1.82, 2.24) is 9.97 Å². The summed E-state index contributed by atoms with van der Waals surface area (Å²) in [5.41, 5.74) is 19.8. The van der Waals surface area contributed by atoms with Gasteiger partial charge in [0.1, 0.15) is 0 Å². The minimum Gasteiger partial charge on any atom is -0.256 e. The first-order valence-electron chi connectivity index (χ1n) is 21.0. The Morgan fingerprint density at radius 1 is 0.552 bits per heavy atom. The molecule has 5 unspecified atom stereocenters. The summed E-state index contributed by atoms with van der Waals surface area (Å²) in [6, 6.07) is 41.5. The zero-order chi connectivity index (χ0) is 38.6. The van der Waals surface area contributed by atoms with Crippen LogP contribution >= 0.6 is 0 Å². The lowest BCUT2D eigenvalue weighted by atomic mass is 9.70. The van der Waals surface area contributed by atoms with Gasteiger partial charge in [-0.1, -0.05) is 171 Å². The van der Waals surface area contributed by atoms with Crippen molar-refractivity contribution in [3.8, 4) is 44.8 Å². The number of nitrogens with zero attached hydrogens (tertiary/aromatic N) is 2. The van der Waals surface area contributed by atoms with Crippen molar-refractivity contribution in [3.05, 3.63) is 227 Å². The summed E-state index contributed by atoms with van der Waals surface area (Å²) in [6.45, 7) is 4.85. The largest absolute Gasteiger partial charge is 0.256 e. The van der Waals surface area contributed by atoms with Crippen LogP contribution in [-0.4, -0.2) is 9.97 Å². The normalized spacial score (nSPS) is 24.6. The van der Waals surface area contributed by atoms with Gasteiger partial charge in [0.2, 0.25) is 0 Å². The minimum absolute atomic E-state index is 0.0327. The summed E-state index contributed by atoms with van der Waals surface area (Å²) < 4.78 is 0. The molecule has 2 heteroatoms. The molecule has 0 aliphatic heterocycles. The van der Waals surface area contributed by atoms with E-state index in [-0.39, 0.29) is 17.3 Å². The highest BCUT2D eigenvalue weighted by molar-refractivity contribution is 5.95. The number of allylic oxidation sites excluding steroid dienone is 12. The Balaban J connectivity index is 1.07. The predicted octanol–water partition coefficient (Wildman–Crippen LogP) is 13.4. The van der Waals surface area contributed by atoms with Crippen LogP contribution in [0.25, 0.3) is 44.8 Å². The van der Waals surface area contributed by atoms with Crippen LogP contribution in [0, 0.1) is 11.8 Å². The van der Waals surface area contributed by atoms with E-state index in [0.29, 0.717) is 11.8 Å². The summed E-state index contributed by atoms with van der Waals surface area (Å²) in [7, 11) is 0. The van der Waals surface area contributed by atoms with E-state index in [1.165, 1.54) is 66.8 Å². The first kappa shape index (κ1) is 33.7. The lowest BCUT2D eigenvalue weighted by molar-refractivity contribution is 0.394. The fourth-order valence-corrected chi connectivity index (χ4v) is 11.6. The van der Waals surface area contributed by atoms with Crippen LogP contribution in [0.1, 0.15) is 77.6 Å². The van der Waals surface area contributed by atoms with E-state index in [4.69, 9.17) is 9.97 Å². The molecule has 6 aliphatic carbocycles. The van der Waals surface area contributed by atoms with Crippen LogP contribution < -0.4 is 0 Å². The van der Waals surface area contributed by atoms with E-state index >= 15 is 0 Å². The lowest BCUT2D eigenvalue weighted by Gasteiger charge is -2.30. The highest BCUT2D eigenvalue weighted by Crippen LogP contribution is 2.62. The zero-order valence-electron chi connectivity index (χ0n) is 32.9. The summed E-state index contributed by atoms with van der Waals surface area (Å²) in [5.74, 6) is 1.29. The second-order valence-electron chi connectivity index (χ2n) is 17.5. The molecule has 0 saturated heterocycles. The predicted molar refractivity (Wildman–Crippen MR) is 238 cm³/mol. The van der Waals surface area contributed by atoms with Crippen molar-refractivity contribution in [2.45, 2.75) is 49.4 Å². The molecule has 0 bridgehead atoms. The fraction of sp³-hybridized carbons (Fsp3) is 0.179. The molecule has 2 heterocycles. The van der Waals surface area contributed by atoms with Crippen molar-refractivity contribution in [3.63, 3.8) is 0 Å². The summed E-state index contributed by atoms with van der Waals surface area (Å²) >= 11 is 0. The molecular formula is C56H44N2. The van der Waals surface area contributed by atoms with E-state index in [9.17, 15) is 0 Å². The second kappa shape index (κ2) is 12.6. The van der Waals surface area contributed by atoms with Crippen molar-refractivity contribution in [1.29, 1.82) is 0 Å². The SMILES string of the molecule is CC1(C)c2cc(-c3cc(-c4ccc5c(c4)C4(c6ccccc6-5)c5ccccc5-c5ncccc54)nc(C4C=CC=CC4C4=CC=CCC4)c3)ccc2C2C=CC=CC21. The molecule has 6 aromatic rings. The summed E-state index contributed by atoms with van der Waals surface area (Å²) in [6.07, 6.45) is 29.4. The number of benzene rings is 4. The Hall–Kier alpha value is -6.38. The fourth-order valence-electron chi connectivity index (χ4n) is 11.6. The molecule has 278 valence electrons. The molecule has 2 aromatic heterocycles. The third-order valence-electron chi connectivity index (χ3n) is 14.3. The number of fused-ring (bicyclic) bond motifs is 13. The van der Waals surface area contributed by atoms with E-state index in [1.807, 2.05) is 6.20 Å². The number of pyridine rings is 2. The van der Waals surface area contributed by atoms with Gasteiger partial charge in [-0.15, -0.1) is 0 Å². The van der Waals surface area contributed by atoms with E-state index in [0.717, 1.165) is 35.5 Å². The Kier molecular flexibility index (Phi) is 7.30. The summed E-state index contributed by atoms with van der Waals surface area (Å²) in [5, 5.41) is 0. The van der Waals surface area contributed by atoms with Crippen molar-refractivity contribution in [2.24, 2.45) is 11.8 Å². The molecule has 0 amide bonds. The lowest BCUT2D eigenvalue weighted by Crippen LogP contribution is -2.26. The van der Waals surface area contributed by atoms with Gasteiger partial charge in [-0.3, -0.25) is 9.97 Å². The second-order valence-corrected chi connectivity index (χ2v) is 17.5. The Morgan fingerprint density at radius 2 is 1.26 bits per heavy atom. The smallest absolute Gasteiger partial charge is 0.0753 e. The van der Waals surface area contributed by atoms with Crippen molar-refractivity contribution >= 4 is 0 Å². The van der Waals surface area contributed by atoms with Crippen LogP contribution in [0.2, 0.25) is 0 Å². The maximum atomic E-state index is 5.68. The monoisotopic (exact) mass is 744 g/mol. The van der Waals surface area contributed by atoms with Crippen LogP contribution in [0.15, 0.2) is 188 Å². The van der Waals surface area contributed by atoms with Gasteiger partial charge < -0.3 is 0 Å². The maximum absolute atomic E-state index is 5.68. The third-order valence-corrected chi connectivity index (χ3v) is 14.3. The molecule has 58 heavy (non-hydrogen) atoms. The van der Waals surface area contributed by atoms with Gasteiger partial charge in [0, 0.05) is 40.8 Å². The van der Waals surface area contributed by atoms with Crippen LogP contribution in [0.3, 0.4) is 0 Å². The molecule has 2 nitrogen and oxygen atoms in total. The molecule has 1 spiro atoms. The number of rotatable bonds is 4. The van der Waals surface area contributed by atoms with Gasteiger partial charge >= 0.3 is 0 Å². The Bertz CT molecular complexity index is 2850. The molecule has 4 aromatic carbocycles. The van der Waals surface area contributed by atoms with Crippen LogP contribution in [0.4, 0.5) is 0 Å². The quantitative estimate of drug-likeness (QED) is 0.179. The minimum atomic E-state index is -0.462. The molecule has 0 fully saturated rings. The highest BCUT2D eigenvalue weighted by atomic mass is 14.7. The number of hydrogen-bond acceptors (Lipinski definition) is 2. The van der Waals surface area contributed by atoms with E-state index < -0.39 is 5.41 Å². The molecular weight excluding hydrogens is 701 g/mol. The van der Waals surface area contributed by atoms with E-state index in [2.05, 4.69) is 190 Å². The highest BCUT2D eigenvalue weighted by Gasteiger charge is 2.52. The maximum Gasteiger partial charge on any atom is 0.0753 e. The molecule has 0 N–H and O–H groups in total. The zero-order valence-corrected chi connectivity index (χ0v) is 32.9. The Labute approximate surface area is 341 Å². The first-order chi connectivity index (χ1) is 28.5.